The Hall–Kier alpha value is -3.71. The molecule has 4 aromatic rings. The zero-order valence-corrected chi connectivity index (χ0v) is 20.0. The minimum absolute atomic E-state index is 0.201. The summed E-state index contributed by atoms with van der Waals surface area (Å²) in [5.41, 5.74) is 5.19. The second-order valence-electron chi connectivity index (χ2n) is 8.28. The number of halogens is 1. The Bertz CT molecular complexity index is 1350. The third kappa shape index (κ3) is 3.62. The predicted octanol–water partition coefficient (Wildman–Crippen LogP) is 5.81. The summed E-state index contributed by atoms with van der Waals surface area (Å²) in [7, 11) is 1.65. The number of benzene rings is 2. The molecule has 0 unspecified atom stereocenters. The lowest BCUT2D eigenvalue weighted by molar-refractivity contribution is 0.414. The van der Waals surface area contributed by atoms with E-state index >= 15 is 0 Å². The smallest absolute Gasteiger partial charge is 0.174 e. The molecule has 0 bridgehead atoms. The quantitative estimate of drug-likeness (QED) is 0.371. The highest BCUT2D eigenvalue weighted by atomic mass is 32.1. The van der Waals surface area contributed by atoms with Gasteiger partial charge in [0.05, 0.1) is 36.3 Å². The number of para-hydroxylation sites is 3. The highest BCUT2D eigenvalue weighted by Crippen LogP contribution is 2.46. The molecule has 0 spiro atoms. The molecule has 2 aromatic carbocycles. The molecule has 3 heterocycles. The summed E-state index contributed by atoms with van der Waals surface area (Å²) in [4.78, 5) is 6.71. The molecule has 0 saturated carbocycles. The first kappa shape index (κ1) is 22.1. The van der Waals surface area contributed by atoms with Gasteiger partial charge < -0.3 is 19.5 Å². The lowest BCUT2D eigenvalue weighted by Crippen LogP contribution is -2.30. The molecule has 2 aromatic heterocycles. The van der Waals surface area contributed by atoms with Crippen molar-refractivity contribution in [3.05, 3.63) is 107 Å². The van der Waals surface area contributed by atoms with Gasteiger partial charge >= 0.3 is 0 Å². The Balaban J connectivity index is 1.72. The van der Waals surface area contributed by atoms with Crippen LogP contribution in [0, 0.1) is 19.7 Å². The molecule has 34 heavy (non-hydrogen) atoms. The lowest BCUT2D eigenvalue weighted by Gasteiger charge is -2.29. The Labute approximate surface area is 203 Å². The number of anilines is 1. The second-order valence-corrected chi connectivity index (χ2v) is 8.67. The van der Waals surface area contributed by atoms with Gasteiger partial charge in [0.2, 0.25) is 0 Å². The fourth-order valence-corrected chi connectivity index (χ4v) is 5.19. The van der Waals surface area contributed by atoms with Gasteiger partial charge in [-0.15, -0.1) is 0 Å². The minimum Gasteiger partial charge on any atom is -0.495 e. The summed E-state index contributed by atoms with van der Waals surface area (Å²) < 4.78 is 22.4. The third-order valence-electron chi connectivity index (χ3n) is 6.33. The monoisotopic (exact) mass is 472 g/mol. The highest BCUT2D eigenvalue weighted by molar-refractivity contribution is 7.80. The van der Waals surface area contributed by atoms with E-state index in [0.717, 1.165) is 34.1 Å². The number of methoxy groups -OCH3 is 1. The molecule has 0 radical (unpaired) electrons. The maximum absolute atomic E-state index is 14.8. The van der Waals surface area contributed by atoms with Crippen molar-refractivity contribution in [3.63, 3.8) is 0 Å². The van der Waals surface area contributed by atoms with Gasteiger partial charge in [0.1, 0.15) is 11.6 Å². The van der Waals surface area contributed by atoms with E-state index in [4.69, 9.17) is 17.0 Å². The van der Waals surface area contributed by atoms with Gasteiger partial charge in [-0.25, -0.2) is 4.39 Å². The van der Waals surface area contributed by atoms with E-state index in [1.807, 2.05) is 66.9 Å². The Morgan fingerprint density at radius 3 is 2.38 bits per heavy atom. The topological polar surface area (TPSA) is 42.3 Å². The van der Waals surface area contributed by atoms with E-state index in [0.29, 0.717) is 10.8 Å². The number of hydrogen-bond acceptors (Lipinski definition) is 3. The number of aryl methyl sites for hydroxylation is 1. The van der Waals surface area contributed by atoms with Gasteiger partial charge in [-0.3, -0.25) is 4.98 Å². The van der Waals surface area contributed by atoms with E-state index in [1.54, 1.807) is 25.4 Å². The number of thiocarbonyl (C=S) groups is 1. The minimum atomic E-state index is -0.265. The van der Waals surface area contributed by atoms with Crippen LogP contribution >= 0.6 is 12.2 Å². The predicted molar refractivity (Wildman–Crippen MR) is 136 cm³/mol. The average Bonchev–Trinajstić information content (AvgIpc) is 3.35. The van der Waals surface area contributed by atoms with Crippen LogP contribution in [0.25, 0.3) is 5.69 Å². The SMILES string of the molecule is COc1ccccc1N1C(=S)N[C@@H](c2ccccn2)[C@H]1c1cc(C)n(-c2ccccc2F)c1C. The Kier molecular flexibility index (Phi) is 5.79. The second kappa shape index (κ2) is 8.91. The fourth-order valence-electron chi connectivity index (χ4n) is 4.85. The molecule has 1 aliphatic rings. The van der Waals surface area contributed by atoms with E-state index in [2.05, 4.69) is 21.3 Å². The summed E-state index contributed by atoms with van der Waals surface area (Å²) >= 11 is 5.85. The maximum atomic E-state index is 14.8. The number of ether oxygens (including phenoxy) is 1. The summed E-state index contributed by atoms with van der Waals surface area (Å²) in [6.07, 6.45) is 1.78. The van der Waals surface area contributed by atoms with Crippen LogP contribution in [0.5, 0.6) is 5.75 Å². The number of nitrogens with zero attached hydrogens (tertiary/aromatic N) is 3. The fraction of sp³-hybridized carbons (Fsp3) is 0.185. The van der Waals surface area contributed by atoms with Crippen molar-refractivity contribution in [2.75, 3.05) is 12.0 Å². The van der Waals surface area contributed by atoms with Crippen molar-refractivity contribution >= 4 is 23.0 Å². The summed E-state index contributed by atoms with van der Waals surface area (Å²) in [5, 5.41) is 4.07. The molecule has 0 aliphatic carbocycles. The van der Waals surface area contributed by atoms with Crippen LogP contribution in [0.2, 0.25) is 0 Å². The van der Waals surface area contributed by atoms with Crippen LogP contribution in [0.15, 0.2) is 79.0 Å². The van der Waals surface area contributed by atoms with E-state index in [9.17, 15) is 4.39 Å². The van der Waals surface area contributed by atoms with Crippen molar-refractivity contribution in [2.24, 2.45) is 0 Å². The van der Waals surface area contributed by atoms with Gasteiger partial charge in [-0.05, 0) is 74.1 Å². The summed E-state index contributed by atoms with van der Waals surface area (Å²) in [5.74, 6) is 0.458. The first-order valence-electron chi connectivity index (χ1n) is 11.1. The lowest BCUT2D eigenvalue weighted by atomic mass is 9.96. The molecule has 1 N–H and O–H groups in total. The molecule has 1 saturated heterocycles. The Morgan fingerprint density at radius 2 is 1.68 bits per heavy atom. The van der Waals surface area contributed by atoms with Gasteiger partial charge in [0.25, 0.3) is 0 Å². The molecular weight excluding hydrogens is 447 g/mol. The number of rotatable bonds is 5. The largest absolute Gasteiger partial charge is 0.495 e. The van der Waals surface area contributed by atoms with Gasteiger partial charge in [0, 0.05) is 17.6 Å². The number of hydrogen-bond donors (Lipinski definition) is 1. The molecule has 5 nitrogen and oxygen atoms in total. The Morgan fingerprint density at radius 1 is 0.971 bits per heavy atom. The van der Waals surface area contributed by atoms with Crippen LogP contribution in [-0.4, -0.2) is 21.8 Å². The first-order chi connectivity index (χ1) is 16.5. The first-order valence-corrected chi connectivity index (χ1v) is 11.5. The van der Waals surface area contributed by atoms with Crippen LogP contribution in [0.1, 0.15) is 34.7 Å². The van der Waals surface area contributed by atoms with Crippen molar-refractivity contribution in [3.8, 4) is 11.4 Å². The summed E-state index contributed by atoms with van der Waals surface area (Å²) in [6.45, 7) is 4.01. The van der Waals surface area contributed by atoms with Crippen molar-refractivity contribution in [2.45, 2.75) is 25.9 Å². The maximum Gasteiger partial charge on any atom is 0.174 e. The number of nitrogens with one attached hydrogen (secondary N) is 1. The standard InChI is InChI=1S/C27H25FN4OS/c1-17-16-19(18(2)31(17)22-12-5-4-10-20(22)28)26-25(21-11-8-9-15-29-21)30-27(34)32(26)23-13-6-7-14-24(23)33-3/h4-16,25-26H,1-3H3,(H,30,34)/t25-,26+/m0/s1. The van der Waals surface area contributed by atoms with Gasteiger partial charge in [-0.2, -0.15) is 0 Å². The van der Waals surface area contributed by atoms with E-state index < -0.39 is 0 Å². The normalized spacial score (nSPS) is 17.6. The summed E-state index contributed by atoms with van der Waals surface area (Å²) in [6, 6.07) is 22.2. The number of pyridine rings is 1. The van der Waals surface area contributed by atoms with Crippen molar-refractivity contribution in [1.29, 1.82) is 0 Å². The molecule has 1 aliphatic heterocycles. The van der Waals surface area contributed by atoms with E-state index in [1.165, 1.54) is 6.07 Å². The molecule has 1 fully saturated rings. The van der Waals surface area contributed by atoms with Gasteiger partial charge in [0.15, 0.2) is 5.11 Å². The molecule has 7 heteroatoms. The molecular formula is C27H25FN4OS. The van der Waals surface area contributed by atoms with Crippen LogP contribution in [0.4, 0.5) is 10.1 Å². The van der Waals surface area contributed by atoms with Crippen LogP contribution in [-0.2, 0) is 0 Å². The zero-order valence-electron chi connectivity index (χ0n) is 19.2. The van der Waals surface area contributed by atoms with E-state index in [-0.39, 0.29) is 17.9 Å². The highest BCUT2D eigenvalue weighted by Gasteiger charge is 2.43. The zero-order chi connectivity index (χ0) is 23.8. The van der Waals surface area contributed by atoms with Crippen molar-refractivity contribution < 1.29 is 9.13 Å². The molecule has 0 amide bonds. The van der Waals surface area contributed by atoms with Crippen molar-refractivity contribution in [1.82, 2.24) is 14.9 Å². The molecule has 172 valence electrons. The average molecular weight is 473 g/mol. The molecule has 2 atom stereocenters. The molecule has 5 rings (SSSR count). The van der Waals surface area contributed by atoms with Crippen LogP contribution < -0.4 is 15.0 Å². The van der Waals surface area contributed by atoms with Crippen LogP contribution in [0.3, 0.4) is 0 Å². The number of aromatic nitrogens is 2. The third-order valence-corrected chi connectivity index (χ3v) is 6.64. The van der Waals surface area contributed by atoms with Gasteiger partial charge in [-0.1, -0.05) is 30.3 Å².